The van der Waals surface area contributed by atoms with Crippen LogP contribution in [0.3, 0.4) is 0 Å². The second kappa shape index (κ2) is 8.57. The van der Waals surface area contributed by atoms with E-state index in [1.165, 1.54) is 0 Å². The molecule has 3 aromatic carbocycles. The Morgan fingerprint density at radius 1 is 1.00 bits per heavy atom. The number of rotatable bonds is 3. The van der Waals surface area contributed by atoms with Crippen LogP contribution in [0.15, 0.2) is 83.5 Å². The molecule has 6 heteroatoms. The predicted octanol–water partition coefficient (Wildman–Crippen LogP) is 7.58. The monoisotopic (exact) mass is 512 g/mol. The first-order valence-electron chi connectivity index (χ1n) is 12.6. The Morgan fingerprint density at radius 2 is 1.74 bits per heavy atom. The first-order chi connectivity index (χ1) is 18.5. The molecular weight excluding hydrogens is 488 g/mol. The van der Waals surface area contributed by atoms with Gasteiger partial charge in [-0.2, -0.15) is 0 Å². The lowest BCUT2D eigenvalue weighted by Crippen LogP contribution is -2.06. The Labute approximate surface area is 224 Å². The molecule has 0 bridgehead atoms. The number of benzene rings is 3. The van der Waals surface area contributed by atoms with Crippen molar-refractivity contribution in [2.24, 2.45) is 4.99 Å². The molecule has 0 spiro atoms. The zero-order valence-electron chi connectivity index (χ0n) is 21.0. The van der Waals surface area contributed by atoms with Gasteiger partial charge in [-0.3, -0.25) is 19.8 Å². The number of Topliss-reactive ketones (excluding diaryl/α,β-unsaturated/α-hetero) is 1. The van der Waals surface area contributed by atoms with Crippen LogP contribution in [-0.4, -0.2) is 27.3 Å². The molecular formula is C32H24N4OS. The number of aryl methyl sites for hydroxylation is 2. The van der Waals surface area contributed by atoms with Crippen LogP contribution in [0.25, 0.3) is 32.9 Å². The van der Waals surface area contributed by atoms with Gasteiger partial charge in [-0.05, 0) is 66.4 Å². The van der Waals surface area contributed by atoms with Gasteiger partial charge in [0, 0.05) is 29.5 Å². The molecule has 5 aromatic rings. The molecule has 0 radical (unpaired) electrons. The average molecular weight is 513 g/mol. The van der Waals surface area contributed by atoms with Crippen LogP contribution < -0.4 is 0 Å². The van der Waals surface area contributed by atoms with E-state index in [4.69, 9.17) is 10.4 Å². The summed E-state index contributed by atoms with van der Waals surface area (Å²) in [7, 11) is 0. The molecule has 38 heavy (non-hydrogen) atoms. The smallest absolute Gasteiger partial charge is 0.195 e. The number of allylic oxidation sites excluding steroid dienone is 2. The van der Waals surface area contributed by atoms with Crippen LogP contribution in [0.4, 0.5) is 0 Å². The van der Waals surface area contributed by atoms with Gasteiger partial charge in [-0.25, -0.2) is 4.98 Å². The highest BCUT2D eigenvalue weighted by Crippen LogP contribution is 2.37. The first kappa shape index (κ1) is 22.8. The number of para-hydroxylation sites is 1. The van der Waals surface area contributed by atoms with Gasteiger partial charge < -0.3 is 0 Å². The summed E-state index contributed by atoms with van der Waals surface area (Å²) in [6.07, 6.45) is 8.63. The molecule has 7 rings (SSSR count). The number of nitrogens with one attached hydrogen (secondary N) is 1. The summed E-state index contributed by atoms with van der Waals surface area (Å²) in [6.45, 7) is 4.20. The summed E-state index contributed by atoms with van der Waals surface area (Å²) >= 11 is 1.67. The number of carbonyl (C=O) groups excluding carboxylic acids is 1. The Bertz CT molecular complexity index is 1840. The zero-order chi connectivity index (χ0) is 26.0. The molecule has 0 saturated heterocycles. The highest BCUT2D eigenvalue weighted by Gasteiger charge is 2.31. The van der Waals surface area contributed by atoms with E-state index in [1.54, 1.807) is 11.3 Å². The maximum atomic E-state index is 13.6. The van der Waals surface area contributed by atoms with Crippen molar-refractivity contribution < 1.29 is 4.79 Å². The number of aliphatic imine (C=N–C) groups is 1. The predicted molar refractivity (Wildman–Crippen MR) is 156 cm³/mol. The molecule has 0 amide bonds. The van der Waals surface area contributed by atoms with Gasteiger partial charge in [0.05, 0.1) is 27.4 Å². The lowest BCUT2D eigenvalue weighted by atomic mass is 10.0. The maximum Gasteiger partial charge on any atom is 0.195 e. The van der Waals surface area contributed by atoms with Gasteiger partial charge in [0.15, 0.2) is 11.4 Å². The SMILES string of the molecule is Cc1cccc(C)c1-n1c(/C=C2/C(=N)c3cc4ccccc4cc3C2=O)cc2sc(C3C=NC=CC3)nc21. The van der Waals surface area contributed by atoms with Crippen molar-refractivity contribution >= 4 is 56.2 Å². The van der Waals surface area contributed by atoms with Crippen LogP contribution in [-0.2, 0) is 0 Å². The molecule has 1 aliphatic carbocycles. The van der Waals surface area contributed by atoms with Gasteiger partial charge in [0.2, 0.25) is 0 Å². The fourth-order valence-electron chi connectivity index (χ4n) is 5.55. The van der Waals surface area contributed by atoms with Gasteiger partial charge in [-0.15, -0.1) is 11.3 Å². The lowest BCUT2D eigenvalue weighted by Gasteiger charge is -2.14. The average Bonchev–Trinajstić information content (AvgIpc) is 3.55. The van der Waals surface area contributed by atoms with E-state index in [1.807, 2.05) is 54.9 Å². The summed E-state index contributed by atoms with van der Waals surface area (Å²) < 4.78 is 3.21. The Kier molecular flexibility index (Phi) is 5.13. The van der Waals surface area contributed by atoms with Crippen molar-refractivity contribution in [1.29, 1.82) is 5.41 Å². The Morgan fingerprint density at radius 3 is 2.45 bits per heavy atom. The lowest BCUT2D eigenvalue weighted by molar-refractivity contribution is 0.104. The third kappa shape index (κ3) is 3.45. The number of thiazole rings is 1. The van der Waals surface area contributed by atoms with E-state index in [2.05, 4.69) is 53.7 Å². The van der Waals surface area contributed by atoms with Crippen LogP contribution in [0.2, 0.25) is 0 Å². The Hall–Kier alpha value is -4.42. The number of fused-ring (bicyclic) bond motifs is 3. The van der Waals surface area contributed by atoms with Crippen LogP contribution in [0.1, 0.15) is 50.1 Å². The normalized spacial score (nSPS) is 17.8. The van der Waals surface area contributed by atoms with Crippen molar-refractivity contribution in [1.82, 2.24) is 9.55 Å². The Balaban J connectivity index is 1.42. The van der Waals surface area contributed by atoms with Gasteiger partial charge >= 0.3 is 0 Å². The van der Waals surface area contributed by atoms with Crippen molar-refractivity contribution in [2.45, 2.75) is 26.2 Å². The van der Waals surface area contributed by atoms with E-state index in [-0.39, 0.29) is 17.4 Å². The maximum absolute atomic E-state index is 13.6. The van der Waals surface area contributed by atoms with Crippen molar-refractivity contribution in [3.63, 3.8) is 0 Å². The molecule has 0 saturated carbocycles. The van der Waals surface area contributed by atoms with E-state index < -0.39 is 0 Å². The molecule has 2 aromatic heterocycles. The zero-order valence-corrected chi connectivity index (χ0v) is 21.8. The summed E-state index contributed by atoms with van der Waals surface area (Å²) in [5, 5.41) is 12.0. The van der Waals surface area contributed by atoms with E-state index in [0.717, 1.165) is 55.1 Å². The topological polar surface area (TPSA) is 71.1 Å². The second-order valence-electron chi connectivity index (χ2n) is 9.92. The highest BCUT2D eigenvalue weighted by molar-refractivity contribution is 7.18. The van der Waals surface area contributed by atoms with Crippen LogP contribution in [0.5, 0.6) is 0 Å². The summed E-state index contributed by atoms with van der Waals surface area (Å²) in [5.74, 6) is 0.0612. The minimum Gasteiger partial charge on any atom is -0.299 e. The van der Waals surface area contributed by atoms with Gasteiger partial charge in [0.1, 0.15) is 5.01 Å². The summed E-state index contributed by atoms with van der Waals surface area (Å²) in [6, 6.07) is 20.2. The number of aromatic nitrogens is 2. The van der Waals surface area contributed by atoms with Gasteiger partial charge in [-0.1, -0.05) is 48.5 Å². The van der Waals surface area contributed by atoms with E-state index in [9.17, 15) is 4.79 Å². The number of ketones is 1. The standard InChI is InChI=1S/C32H24N4OS/c1-18-7-5-8-19(2)29(18)36-23(16-27-31(36)35-32(38-27)22-11-6-12-34-17-22)15-26-28(33)24-13-20-9-3-4-10-21(20)14-25(24)30(26)37/h3-10,12-17,22,33H,11H2,1-2H3/b26-15-,33-28?. The van der Waals surface area contributed by atoms with Gasteiger partial charge in [0.25, 0.3) is 0 Å². The summed E-state index contributed by atoms with van der Waals surface area (Å²) in [5.41, 5.74) is 7.01. The number of hydrogen-bond donors (Lipinski definition) is 1. The molecule has 1 atom stereocenters. The fraction of sp³-hybridized carbons (Fsp3) is 0.125. The van der Waals surface area contributed by atoms with E-state index in [0.29, 0.717) is 16.7 Å². The minimum absolute atomic E-state index is 0.104. The van der Waals surface area contributed by atoms with Crippen LogP contribution in [0, 0.1) is 19.3 Å². The number of nitrogens with zero attached hydrogens (tertiary/aromatic N) is 3. The largest absolute Gasteiger partial charge is 0.299 e. The van der Waals surface area contributed by atoms with Crippen molar-refractivity contribution in [3.05, 3.63) is 111 Å². The quantitative estimate of drug-likeness (QED) is 0.253. The first-order valence-corrected chi connectivity index (χ1v) is 13.5. The third-order valence-corrected chi connectivity index (χ3v) is 8.56. The second-order valence-corrected chi connectivity index (χ2v) is 11.0. The molecule has 1 N–H and O–H groups in total. The molecule has 2 aliphatic rings. The molecule has 5 nitrogen and oxygen atoms in total. The fourth-order valence-corrected chi connectivity index (χ4v) is 6.62. The molecule has 0 fully saturated rings. The van der Waals surface area contributed by atoms with Crippen molar-refractivity contribution in [3.8, 4) is 5.69 Å². The van der Waals surface area contributed by atoms with Crippen LogP contribution >= 0.6 is 11.3 Å². The van der Waals surface area contributed by atoms with Crippen molar-refractivity contribution in [2.75, 3.05) is 0 Å². The van der Waals surface area contributed by atoms with E-state index >= 15 is 0 Å². The molecule has 1 aliphatic heterocycles. The molecule has 184 valence electrons. The number of carbonyl (C=O) groups is 1. The minimum atomic E-state index is -0.104. The highest BCUT2D eigenvalue weighted by atomic mass is 32.1. The summed E-state index contributed by atoms with van der Waals surface area (Å²) in [4.78, 5) is 23.0. The number of hydrogen-bond acceptors (Lipinski definition) is 5. The molecule has 1 unspecified atom stereocenters. The molecule has 3 heterocycles. The third-order valence-electron chi connectivity index (χ3n) is 7.43.